The molecule has 0 saturated carbocycles. The zero-order chi connectivity index (χ0) is 13.8. The summed E-state index contributed by atoms with van der Waals surface area (Å²) in [6, 6.07) is 0. The van der Waals surface area contributed by atoms with Gasteiger partial charge in [0.2, 0.25) is 0 Å². The standard InChI is InChI=1S/C11H17N5O3/c1-12-6-7-13-8-9(14-7)16(4-3-5-19-2)11(18)15-10(8)17/h12H,3-6H2,1-2H3,(H,13,14)(H,15,17,18). The predicted molar refractivity (Wildman–Crippen MR) is 70.2 cm³/mol. The summed E-state index contributed by atoms with van der Waals surface area (Å²) in [6.07, 6.45) is 0.672. The third-order valence-electron chi connectivity index (χ3n) is 2.76. The van der Waals surface area contributed by atoms with Crippen LogP contribution in [0, 0.1) is 0 Å². The average molecular weight is 267 g/mol. The molecule has 0 amide bonds. The van der Waals surface area contributed by atoms with Crippen molar-refractivity contribution in [3.05, 3.63) is 26.7 Å². The molecule has 2 heterocycles. The number of H-pyrrole nitrogens is 2. The number of aromatic nitrogens is 4. The molecule has 0 aliphatic heterocycles. The molecule has 0 aromatic carbocycles. The summed E-state index contributed by atoms with van der Waals surface area (Å²) in [5.74, 6) is 0.620. The number of fused-ring (bicyclic) bond motifs is 1. The van der Waals surface area contributed by atoms with E-state index in [-0.39, 0.29) is 0 Å². The van der Waals surface area contributed by atoms with Gasteiger partial charge in [0.25, 0.3) is 5.56 Å². The fourth-order valence-electron chi connectivity index (χ4n) is 1.91. The summed E-state index contributed by atoms with van der Waals surface area (Å²) in [7, 11) is 3.38. The molecule has 8 nitrogen and oxygen atoms in total. The second kappa shape index (κ2) is 5.81. The normalized spacial score (nSPS) is 11.3. The Morgan fingerprint density at radius 3 is 2.84 bits per heavy atom. The first kappa shape index (κ1) is 13.5. The Morgan fingerprint density at radius 1 is 1.37 bits per heavy atom. The van der Waals surface area contributed by atoms with Crippen LogP contribution < -0.4 is 16.6 Å². The number of hydrogen-bond donors (Lipinski definition) is 3. The molecule has 0 bridgehead atoms. The number of methoxy groups -OCH3 is 1. The van der Waals surface area contributed by atoms with E-state index in [0.717, 1.165) is 0 Å². The van der Waals surface area contributed by atoms with Gasteiger partial charge in [-0.2, -0.15) is 0 Å². The predicted octanol–water partition coefficient (Wildman–Crippen LogP) is -0.831. The van der Waals surface area contributed by atoms with Crippen molar-refractivity contribution in [3.8, 4) is 0 Å². The monoisotopic (exact) mass is 267 g/mol. The number of hydrogen-bond acceptors (Lipinski definition) is 5. The highest BCUT2D eigenvalue weighted by Crippen LogP contribution is 2.05. The van der Waals surface area contributed by atoms with Crippen molar-refractivity contribution in [2.24, 2.45) is 0 Å². The zero-order valence-corrected chi connectivity index (χ0v) is 10.9. The summed E-state index contributed by atoms with van der Waals surface area (Å²) in [5.41, 5.74) is -0.189. The van der Waals surface area contributed by atoms with Crippen LogP contribution in [0.2, 0.25) is 0 Å². The number of nitrogens with zero attached hydrogens (tertiary/aromatic N) is 2. The SMILES string of the molecule is CNCc1nc2c([nH]1)c(=O)[nH]c(=O)n2CCCOC. The number of rotatable bonds is 6. The van der Waals surface area contributed by atoms with Gasteiger partial charge in [-0.05, 0) is 13.5 Å². The maximum atomic E-state index is 11.8. The van der Waals surface area contributed by atoms with E-state index in [1.807, 2.05) is 0 Å². The van der Waals surface area contributed by atoms with Crippen LogP contribution in [0.25, 0.3) is 11.2 Å². The molecule has 0 unspecified atom stereocenters. The minimum Gasteiger partial charge on any atom is -0.385 e. The van der Waals surface area contributed by atoms with Crippen molar-refractivity contribution in [1.29, 1.82) is 0 Å². The van der Waals surface area contributed by atoms with Gasteiger partial charge in [-0.1, -0.05) is 0 Å². The highest BCUT2D eigenvalue weighted by Gasteiger charge is 2.12. The molecular formula is C11H17N5O3. The first-order valence-corrected chi connectivity index (χ1v) is 6.02. The van der Waals surface area contributed by atoms with Gasteiger partial charge in [-0.15, -0.1) is 0 Å². The van der Waals surface area contributed by atoms with E-state index < -0.39 is 11.2 Å². The Kier molecular flexibility index (Phi) is 4.13. The van der Waals surface area contributed by atoms with Crippen molar-refractivity contribution in [1.82, 2.24) is 24.8 Å². The van der Waals surface area contributed by atoms with Gasteiger partial charge >= 0.3 is 5.69 Å². The number of imidazole rings is 1. The zero-order valence-electron chi connectivity index (χ0n) is 10.9. The number of ether oxygens (including phenoxy) is 1. The van der Waals surface area contributed by atoms with Crippen LogP contribution in [-0.2, 0) is 17.8 Å². The second-order valence-electron chi connectivity index (χ2n) is 4.17. The Morgan fingerprint density at radius 2 is 2.16 bits per heavy atom. The Labute approximate surface area is 108 Å². The van der Waals surface area contributed by atoms with Gasteiger partial charge in [0.1, 0.15) is 11.3 Å². The molecule has 0 aliphatic rings. The van der Waals surface area contributed by atoms with Crippen molar-refractivity contribution in [2.75, 3.05) is 20.8 Å². The minimum absolute atomic E-state index is 0.322. The first-order chi connectivity index (χ1) is 9.17. The average Bonchev–Trinajstić information content (AvgIpc) is 2.78. The largest absolute Gasteiger partial charge is 0.385 e. The van der Waals surface area contributed by atoms with Crippen molar-refractivity contribution in [3.63, 3.8) is 0 Å². The fourth-order valence-corrected chi connectivity index (χ4v) is 1.91. The van der Waals surface area contributed by atoms with E-state index in [4.69, 9.17) is 4.74 Å². The van der Waals surface area contributed by atoms with Gasteiger partial charge in [-0.3, -0.25) is 14.3 Å². The molecule has 19 heavy (non-hydrogen) atoms. The Bertz CT molecular complexity index is 669. The lowest BCUT2D eigenvalue weighted by Crippen LogP contribution is -2.30. The van der Waals surface area contributed by atoms with Crippen LogP contribution in [-0.4, -0.2) is 40.3 Å². The molecule has 0 aliphatic carbocycles. The molecule has 2 rings (SSSR count). The molecule has 0 saturated heterocycles. The van der Waals surface area contributed by atoms with Gasteiger partial charge in [-0.25, -0.2) is 9.78 Å². The van der Waals surface area contributed by atoms with Crippen molar-refractivity contribution >= 4 is 11.2 Å². The van der Waals surface area contributed by atoms with Crippen LogP contribution in [0.1, 0.15) is 12.2 Å². The molecule has 3 N–H and O–H groups in total. The molecule has 0 fully saturated rings. The number of aryl methyl sites for hydroxylation is 1. The van der Waals surface area contributed by atoms with Gasteiger partial charge in [0.15, 0.2) is 5.65 Å². The molecule has 104 valence electrons. The van der Waals surface area contributed by atoms with E-state index >= 15 is 0 Å². The van der Waals surface area contributed by atoms with Crippen LogP contribution in [0.3, 0.4) is 0 Å². The third kappa shape index (κ3) is 2.74. The van der Waals surface area contributed by atoms with Crippen LogP contribution >= 0.6 is 0 Å². The lowest BCUT2D eigenvalue weighted by molar-refractivity contribution is 0.190. The van der Waals surface area contributed by atoms with Gasteiger partial charge in [0.05, 0.1) is 6.54 Å². The highest BCUT2D eigenvalue weighted by molar-refractivity contribution is 5.69. The summed E-state index contributed by atoms with van der Waals surface area (Å²) in [4.78, 5) is 33.0. The van der Waals surface area contributed by atoms with Crippen LogP contribution in [0.4, 0.5) is 0 Å². The smallest absolute Gasteiger partial charge is 0.330 e. The Hall–Kier alpha value is -1.93. The van der Waals surface area contributed by atoms with Gasteiger partial charge < -0.3 is 15.0 Å². The molecule has 8 heteroatoms. The molecule has 0 atom stereocenters. The lowest BCUT2D eigenvalue weighted by Gasteiger charge is -2.04. The summed E-state index contributed by atoms with van der Waals surface area (Å²) in [5, 5.41) is 2.94. The third-order valence-corrected chi connectivity index (χ3v) is 2.76. The van der Waals surface area contributed by atoms with Crippen molar-refractivity contribution < 1.29 is 4.74 Å². The number of aromatic amines is 2. The van der Waals surface area contributed by atoms with Crippen molar-refractivity contribution in [2.45, 2.75) is 19.5 Å². The molecular weight excluding hydrogens is 250 g/mol. The van der Waals surface area contributed by atoms with E-state index in [2.05, 4.69) is 20.3 Å². The molecule has 0 spiro atoms. The van der Waals surface area contributed by atoms with E-state index in [1.54, 1.807) is 14.2 Å². The molecule has 2 aromatic heterocycles. The fraction of sp³-hybridized carbons (Fsp3) is 0.545. The minimum atomic E-state index is -0.448. The van der Waals surface area contributed by atoms with E-state index in [1.165, 1.54) is 4.57 Å². The Balaban J connectivity index is 2.48. The quantitative estimate of drug-likeness (QED) is 0.592. The summed E-state index contributed by atoms with van der Waals surface area (Å²) >= 11 is 0. The summed E-state index contributed by atoms with van der Waals surface area (Å²) in [6.45, 7) is 1.49. The summed E-state index contributed by atoms with van der Waals surface area (Å²) < 4.78 is 6.41. The van der Waals surface area contributed by atoms with Gasteiger partial charge in [0, 0.05) is 20.3 Å². The van der Waals surface area contributed by atoms with E-state index in [9.17, 15) is 9.59 Å². The number of nitrogens with one attached hydrogen (secondary N) is 3. The lowest BCUT2D eigenvalue weighted by atomic mass is 10.4. The highest BCUT2D eigenvalue weighted by atomic mass is 16.5. The molecule has 2 aromatic rings. The first-order valence-electron chi connectivity index (χ1n) is 6.02. The van der Waals surface area contributed by atoms with Crippen LogP contribution in [0.5, 0.6) is 0 Å². The van der Waals surface area contributed by atoms with Crippen LogP contribution in [0.15, 0.2) is 9.59 Å². The maximum Gasteiger partial charge on any atom is 0.330 e. The van der Waals surface area contributed by atoms with E-state index in [0.29, 0.717) is 43.1 Å². The maximum absolute atomic E-state index is 11.8. The topological polar surface area (TPSA) is 105 Å². The second-order valence-corrected chi connectivity index (χ2v) is 4.17. The molecule has 0 radical (unpaired) electrons.